The minimum atomic E-state index is -4.69. The SMILES string of the molecule is CC(CO)(NC(=O)Nc1ccc(C#N)c(C(F)(F)F)c1)C1CC1. The zero-order valence-electron chi connectivity index (χ0n) is 12.4. The number of aliphatic hydroxyl groups excluding tert-OH is 1. The molecule has 0 aromatic heterocycles. The second kappa shape index (κ2) is 6.08. The molecule has 1 saturated carbocycles. The molecule has 1 aromatic rings. The van der Waals surface area contributed by atoms with Crippen LogP contribution < -0.4 is 10.6 Å². The lowest BCUT2D eigenvalue weighted by Crippen LogP contribution is -2.52. The van der Waals surface area contributed by atoms with E-state index < -0.39 is 28.9 Å². The molecular formula is C15H16F3N3O2. The quantitative estimate of drug-likeness (QED) is 0.795. The Morgan fingerprint density at radius 1 is 1.43 bits per heavy atom. The maximum Gasteiger partial charge on any atom is 0.417 e. The van der Waals surface area contributed by atoms with Crippen molar-refractivity contribution in [3.05, 3.63) is 29.3 Å². The van der Waals surface area contributed by atoms with Crippen molar-refractivity contribution >= 4 is 11.7 Å². The fourth-order valence-electron chi connectivity index (χ4n) is 2.37. The molecule has 8 heteroatoms. The highest BCUT2D eigenvalue weighted by atomic mass is 19.4. The van der Waals surface area contributed by atoms with Crippen molar-refractivity contribution in [2.75, 3.05) is 11.9 Å². The number of anilines is 1. The average molecular weight is 327 g/mol. The summed E-state index contributed by atoms with van der Waals surface area (Å²) in [7, 11) is 0. The van der Waals surface area contributed by atoms with Crippen LogP contribution in [0.1, 0.15) is 30.9 Å². The van der Waals surface area contributed by atoms with Crippen molar-refractivity contribution < 1.29 is 23.1 Å². The molecule has 3 N–H and O–H groups in total. The summed E-state index contributed by atoms with van der Waals surface area (Å²) in [5.41, 5.74) is -2.50. The van der Waals surface area contributed by atoms with Crippen LogP contribution in [0.4, 0.5) is 23.7 Å². The van der Waals surface area contributed by atoms with Crippen molar-refractivity contribution in [1.29, 1.82) is 5.26 Å². The fourth-order valence-corrected chi connectivity index (χ4v) is 2.37. The molecule has 2 rings (SSSR count). The molecule has 0 heterocycles. The van der Waals surface area contributed by atoms with Crippen LogP contribution in [0.15, 0.2) is 18.2 Å². The maximum atomic E-state index is 12.9. The molecule has 1 fully saturated rings. The Kier molecular flexibility index (Phi) is 4.52. The topological polar surface area (TPSA) is 85.2 Å². The summed E-state index contributed by atoms with van der Waals surface area (Å²) in [6.07, 6.45) is -2.92. The lowest BCUT2D eigenvalue weighted by atomic mass is 9.97. The first-order valence-corrected chi connectivity index (χ1v) is 7.01. The smallest absolute Gasteiger partial charge is 0.394 e. The molecule has 2 amide bonds. The Bertz CT molecular complexity index is 650. The number of nitrogens with zero attached hydrogens (tertiary/aromatic N) is 1. The number of urea groups is 1. The second-order valence-electron chi connectivity index (χ2n) is 5.80. The third-order valence-corrected chi connectivity index (χ3v) is 3.91. The van der Waals surface area contributed by atoms with Crippen LogP contribution in [0.5, 0.6) is 0 Å². The van der Waals surface area contributed by atoms with Gasteiger partial charge in [0, 0.05) is 5.69 Å². The summed E-state index contributed by atoms with van der Waals surface area (Å²) in [6, 6.07) is 3.71. The third-order valence-electron chi connectivity index (χ3n) is 3.91. The number of nitriles is 1. The van der Waals surface area contributed by atoms with Crippen molar-refractivity contribution in [1.82, 2.24) is 5.32 Å². The molecule has 5 nitrogen and oxygen atoms in total. The van der Waals surface area contributed by atoms with E-state index in [4.69, 9.17) is 5.26 Å². The average Bonchev–Trinajstić information content (AvgIpc) is 3.31. The van der Waals surface area contributed by atoms with Gasteiger partial charge in [0.15, 0.2) is 0 Å². The number of aliphatic hydroxyl groups is 1. The van der Waals surface area contributed by atoms with Gasteiger partial charge in [-0.25, -0.2) is 4.79 Å². The van der Waals surface area contributed by atoms with E-state index in [9.17, 15) is 23.1 Å². The molecule has 1 aliphatic rings. The van der Waals surface area contributed by atoms with Gasteiger partial charge in [0.05, 0.1) is 29.3 Å². The number of amides is 2. The van der Waals surface area contributed by atoms with Gasteiger partial charge in [0.1, 0.15) is 0 Å². The van der Waals surface area contributed by atoms with Gasteiger partial charge >= 0.3 is 12.2 Å². The number of rotatable bonds is 4. The number of alkyl halides is 3. The van der Waals surface area contributed by atoms with Gasteiger partial charge in [-0.1, -0.05) is 0 Å². The largest absolute Gasteiger partial charge is 0.417 e. The van der Waals surface area contributed by atoms with Crippen molar-refractivity contribution in [3.63, 3.8) is 0 Å². The molecule has 0 saturated heterocycles. The second-order valence-corrected chi connectivity index (χ2v) is 5.80. The summed E-state index contributed by atoms with van der Waals surface area (Å²) in [5, 5.41) is 23.0. The van der Waals surface area contributed by atoms with Crippen LogP contribution in [0.3, 0.4) is 0 Å². The van der Waals surface area contributed by atoms with Gasteiger partial charge in [-0.3, -0.25) is 0 Å². The first-order chi connectivity index (χ1) is 10.7. The molecule has 0 aliphatic heterocycles. The van der Waals surface area contributed by atoms with Gasteiger partial charge in [-0.15, -0.1) is 0 Å². The molecule has 124 valence electrons. The third kappa shape index (κ3) is 3.93. The van der Waals surface area contributed by atoms with Gasteiger partial charge in [-0.2, -0.15) is 18.4 Å². The molecule has 1 aromatic carbocycles. The number of hydrogen-bond acceptors (Lipinski definition) is 3. The minimum absolute atomic E-state index is 0.0788. The number of halogens is 3. The van der Waals surface area contributed by atoms with Gasteiger partial charge in [0.2, 0.25) is 0 Å². The van der Waals surface area contributed by atoms with Crippen LogP contribution in [0.2, 0.25) is 0 Å². The number of nitrogens with one attached hydrogen (secondary N) is 2. The summed E-state index contributed by atoms with van der Waals surface area (Å²) in [4.78, 5) is 12.0. The number of carbonyl (C=O) groups excluding carboxylic acids is 1. The lowest BCUT2D eigenvalue weighted by Gasteiger charge is -2.28. The molecule has 1 atom stereocenters. The first kappa shape index (κ1) is 17.1. The molecule has 1 unspecified atom stereocenters. The fraction of sp³-hybridized carbons (Fsp3) is 0.467. The molecule has 0 spiro atoms. The number of hydrogen-bond donors (Lipinski definition) is 3. The van der Waals surface area contributed by atoms with E-state index in [2.05, 4.69) is 10.6 Å². The van der Waals surface area contributed by atoms with E-state index in [1.54, 1.807) is 6.92 Å². The van der Waals surface area contributed by atoms with Crippen molar-refractivity contribution in [2.45, 2.75) is 31.5 Å². The van der Waals surface area contributed by atoms with Crippen molar-refractivity contribution in [2.24, 2.45) is 5.92 Å². The Balaban J connectivity index is 2.14. The summed E-state index contributed by atoms with van der Waals surface area (Å²) >= 11 is 0. The van der Waals surface area contributed by atoms with Gasteiger partial charge in [0.25, 0.3) is 0 Å². The Labute approximate surface area is 131 Å². The van der Waals surface area contributed by atoms with Crippen LogP contribution in [0, 0.1) is 17.2 Å². The Morgan fingerprint density at radius 3 is 2.57 bits per heavy atom. The van der Waals surface area contributed by atoms with Crippen LogP contribution in [-0.4, -0.2) is 23.3 Å². The first-order valence-electron chi connectivity index (χ1n) is 7.01. The Morgan fingerprint density at radius 2 is 2.09 bits per heavy atom. The molecule has 0 radical (unpaired) electrons. The highest BCUT2D eigenvalue weighted by Crippen LogP contribution is 2.39. The predicted molar refractivity (Wildman–Crippen MR) is 76.5 cm³/mol. The summed E-state index contributed by atoms with van der Waals surface area (Å²) in [6.45, 7) is 1.43. The van der Waals surface area contributed by atoms with Crippen LogP contribution in [0.25, 0.3) is 0 Å². The van der Waals surface area contributed by atoms with E-state index >= 15 is 0 Å². The van der Waals surface area contributed by atoms with E-state index in [0.29, 0.717) is 6.07 Å². The highest BCUT2D eigenvalue weighted by molar-refractivity contribution is 5.90. The Hall–Kier alpha value is -2.27. The zero-order valence-corrected chi connectivity index (χ0v) is 12.4. The predicted octanol–water partition coefficient (Wildman–Crippen LogP) is 2.86. The normalized spacial score (nSPS) is 17.0. The molecule has 23 heavy (non-hydrogen) atoms. The number of carbonyl (C=O) groups is 1. The number of benzene rings is 1. The molecular weight excluding hydrogens is 311 g/mol. The molecule has 1 aliphatic carbocycles. The highest BCUT2D eigenvalue weighted by Gasteiger charge is 2.42. The van der Waals surface area contributed by atoms with Gasteiger partial charge < -0.3 is 15.7 Å². The summed E-state index contributed by atoms with van der Waals surface area (Å²) < 4.78 is 38.6. The lowest BCUT2D eigenvalue weighted by molar-refractivity contribution is -0.137. The van der Waals surface area contributed by atoms with Crippen LogP contribution >= 0.6 is 0 Å². The van der Waals surface area contributed by atoms with E-state index in [1.807, 2.05) is 0 Å². The van der Waals surface area contributed by atoms with Gasteiger partial charge in [-0.05, 0) is 43.9 Å². The molecule has 0 bridgehead atoms. The van der Waals surface area contributed by atoms with Crippen molar-refractivity contribution in [3.8, 4) is 6.07 Å². The standard InChI is InChI=1S/C15H16F3N3O2/c1-14(8-22,10-3-4-10)21-13(23)20-11-5-2-9(7-19)12(6-11)15(16,17)18/h2,5-6,10,22H,3-4,8H2,1H3,(H2,20,21,23). The monoisotopic (exact) mass is 327 g/mol. The minimum Gasteiger partial charge on any atom is -0.394 e. The van der Waals surface area contributed by atoms with E-state index in [-0.39, 0.29) is 18.2 Å². The zero-order chi connectivity index (χ0) is 17.3. The van der Waals surface area contributed by atoms with E-state index in [0.717, 1.165) is 18.9 Å². The van der Waals surface area contributed by atoms with Crippen LogP contribution in [-0.2, 0) is 6.18 Å². The maximum absolute atomic E-state index is 12.9. The van der Waals surface area contributed by atoms with E-state index in [1.165, 1.54) is 12.1 Å². The summed E-state index contributed by atoms with van der Waals surface area (Å²) in [5.74, 6) is 0.157.